The molecule has 0 bridgehead atoms. The zero-order valence-corrected chi connectivity index (χ0v) is 7.73. The predicted octanol–water partition coefficient (Wildman–Crippen LogP) is -0.740. The molecule has 0 aliphatic carbocycles. The lowest BCUT2D eigenvalue weighted by molar-refractivity contribution is -0.136. The van der Waals surface area contributed by atoms with Gasteiger partial charge < -0.3 is 16.1 Å². The van der Waals surface area contributed by atoms with Crippen molar-refractivity contribution in [1.29, 1.82) is 0 Å². The van der Waals surface area contributed by atoms with Crippen LogP contribution in [0.3, 0.4) is 0 Å². The number of benzene rings is 1. The Hall–Kier alpha value is -1.33. The van der Waals surface area contributed by atoms with E-state index in [1.807, 2.05) is 37.6 Å². The smallest absolute Gasteiger partial charge is 0.302 e. The summed E-state index contributed by atoms with van der Waals surface area (Å²) in [4.78, 5) is 10.2. The summed E-state index contributed by atoms with van der Waals surface area (Å²) in [7, 11) is 1.92. The zero-order valence-electron chi connectivity index (χ0n) is 7.73. The van der Waals surface area contributed by atoms with Crippen molar-refractivity contribution in [2.75, 3.05) is 0 Å². The lowest BCUT2D eigenvalue weighted by Crippen LogP contribution is -2.13. The van der Waals surface area contributed by atoms with Crippen LogP contribution in [0.4, 0.5) is 0 Å². The van der Waals surface area contributed by atoms with E-state index < -0.39 is 5.97 Å². The number of hydrogen-bond donors (Lipinski definition) is 1. The molecule has 1 aromatic carbocycles. The molecule has 0 amide bonds. The van der Waals surface area contributed by atoms with Crippen molar-refractivity contribution in [3.05, 3.63) is 30.3 Å². The van der Waals surface area contributed by atoms with Crippen molar-refractivity contribution >= 4 is 18.7 Å². The highest BCUT2D eigenvalue weighted by molar-refractivity contribution is 6.53. The molecule has 0 fully saturated rings. The molecule has 0 heterocycles. The minimum atomic E-state index is -0.748. The second-order valence-electron chi connectivity index (χ2n) is 2.55. The summed E-state index contributed by atoms with van der Waals surface area (Å²) < 4.78 is 0. The quantitative estimate of drug-likeness (QED) is 0.642. The normalized spacial score (nSPS) is 8.00. The van der Waals surface area contributed by atoms with Gasteiger partial charge in [-0.05, 0) is 0 Å². The van der Waals surface area contributed by atoms with E-state index in [1.54, 1.807) is 0 Å². The summed E-state index contributed by atoms with van der Waals surface area (Å²) >= 11 is 0. The van der Waals surface area contributed by atoms with Crippen molar-refractivity contribution in [2.45, 2.75) is 12.7 Å². The fraction of sp³-hybridized carbons (Fsp3) is 0.222. The van der Waals surface area contributed by atoms with Gasteiger partial charge in [0.05, 0.1) is 0 Å². The fourth-order valence-corrected chi connectivity index (χ4v) is 0.951. The van der Waals surface area contributed by atoms with Crippen LogP contribution in [0.5, 0.6) is 0 Å². The Morgan fingerprint density at radius 3 is 2.29 bits per heavy atom. The maximum Gasteiger partial charge on any atom is 0.302 e. The minimum Gasteiger partial charge on any atom is -0.481 e. The number of carboxylic acids is 1. The van der Waals surface area contributed by atoms with Crippen molar-refractivity contribution in [3.63, 3.8) is 0 Å². The molecular weight excluding hydrogens is 183 g/mol. The van der Waals surface area contributed by atoms with E-state index in [-0.39, 0.29) is 17.4 Å². The molecule has 1 radical (unpaired) electrons. The summed E-state index contributed by atoms with van der Waals surface area (Å²) in [5.41, 5.74) is 1.08. The Balaban J connectivity index is 0. The van der Waals surface area contributed by atoms with Crippen LogP contribution < -0.4 is 5.46 Å². The third-order valence-corrected chi connectivity index (χ3v) is 1.54. The molecule has 0 aliphatic heterocycles. The van der Waals surface area contributed by atoms with E-state index >= 15 is 0 Å². The average Bonchev–Trinajstić information content (AvgIpc) is 2.05. The highest BCUT2D eigenvalue weighted by Gasteiger charge is 1.98. The largest absolute Gasteiger partial charge is 0.481 e. The van der Waals surface area contributed by atoms with Gasteiger partial charge in [0.15, 0.2) is 7.28 Å². The first-order valence-electron chi connectivity index (χ1n) is 3.89. The van der Waals surface area contributed by atoms with Crippen LogP contribution in [0.2, 0.25) is 6.32 Å². The number of rotatable bonds is 4. The first kappa shape index (κ1) is 15.2. The van der Waals surface area contributed by atoms with Gasteiger partial charge >= 0.3 is 5.97 Å². The molecule has 0 spiro atoms. The zero-order chi connectivity index (χ0) is 8.81. The minimum absolute atomic E-state index is 0. The summed E-state index contributed by atoms with van der Waals surface area (Å²) in [5, 5.41) is 8.37. The molecule has 14 heavy (non-hydrogen) atoms. The third-order valence-electron chi connectivity index (χ3n) is 1.54. The topological polar surface area (TPSA) is 100 Å². The lowest BCUT2D eigenvalue weighted by atomic mass is 9.66. The monoisotopic (exact) mass is 197 g/mol. The van der Waals surface area contributed by atoms with Crippen molar-refractivity contribution in [2.24, 2.45) is 0 Å². The maximum atomic E-state index is 10.2. The van der Waals surface area contributed by atoms with Crippen LogP contribution in [-0.2, 0) is 4.79 Å². The fourth-order valence-electron chi connectivity index (χ4n) is 0.951. The van der Waals surface area contributed by atoms with Gasteiger partial charge in [-0.1, -0.05) is 42.1 Å². The van der Waals surface area contributed by atoms with E-state index in [4.69, 9.17) is 5.11 Å². The van der Waals surface area contributed by atoms with Crippen LogP contribution in [0.25, 0.3) is 0 Å². The summed E-state index contributed by atoms with van der Waals surface area (Å²) in [5.74, 6) is -0.748. The Bertz CT molecular complexity index is 250. The standard InChI is InChI=1S/C9H10BO2.2H2O/c11-9(12)6-7-10-8-4-2-1-3-5-8;;/h1-5H,6-7H2,(H,11,12);2*1H2. The van der Waals surface area contributed by atoms with Gasteiger partial charge in [0.1, 0.15) is 0 Å². The molecule has 0 aliphatic rings. The van der Waals surface area contributed by atoms with Crippen molar-refractivity contribution in [1.82, 2.24) is 0 Å². The van der Waals surface area contributed by atoms with Crippen LogP contribution >= 0.6 is 0 Å². The van der Waals surface area contributed by atoms with Gasteiger partial charge in [-0.3, -0.25) is 4.79 Å². The number of carbonyl (C=O) groups is 1. The molecule has 0 aromatic heterocycles. The molecule has 5 heteroatoms. The second-order valence-corrected chi connectivity index (χ2v) is 2.55. The number of carboxylic acid groups (broad SMARTS) is 1. The Morgan fingerprint density at radius 2 is 1.79 bits per heavy atom. The highest BCUT2D eigenvalue weighted by Crippen LogP contribution is 1.89. The molecule has 5 N–H and O–H groups in total. The van der Waals surface area contributed by atoms with Gasteiger partial charge in [0.2, 0.25) is 0 Å². The molecule has 4 nitrogen and oxygen atoms in total. The SMILES string of the molecule is O.O.O=C(O)CC[B]c1ccccc1. The van der Waals surface area contributed by atoms with Crippen LogP contribution in [0.1, 0.15) is 6.42 Å². The predicted molar refractivity (Wildman–Crippen MR) is 56.1 cm³/mol. The Labute approximate surface area is 83.4 Å². The van der Waals surface area contributed by atoms with Gasteiger partial charge in [0, 0.05) is 6.42 Å². The van der Waals surface area contributed by atoms with Crippen molar-refractivity contribution < 1.29 is 20.9 Å². The lowest BCUT2D eigenvalue weighted by Gasteiger charge is -1.95. The molecule has 77 valence electrons. The molecular formula is C9H14BO4. The van der Waals surface area contributed by atoms with E-state index in [1.165, 1.54) is 0 Å². The molecule has 1 aromatic rings. The van der Waals surface area contributed by atoms with Gasteiger partial charge in [-0.25, -0.2) is 0 Å². The van der Waals surface area contributed by atoms with Gasteiger partial charge in [0.25, 0.3) is 0 Å². The number of hydrogen-bond acceptors (Lipinski definition) is 1. The van der Waals surface area contributed by atoms with E-state index in [0.717, 1.165) is 5.46 Å². The average molecular weight is 197 g/mol. The van der Waals surface area contributed by atoms with Crippen LogP contribution in [0, 0.1) is 0 Å². The van der Waals surface area contributed by atoms with Crippen molar-refractivity contribution in [3.8, 4) is 0 Å². The summed E-state index contributed by atoms with van der Waals surface area (Å²) in [6.07, 6.45) is 0.800. The molecule has 0 unspecified atom stereocenters. The first-order chi connectivity index (χ1) is 5.79. The van der Waals surface area contributed by atoms with E-state index in [2.05, 4.69) is 0 Å². The van der Waals surface area contributed by atoms with E-state index in [9.17, 15) is 4.79 Å². The van der Waals surface area contributed by atoms with Gasteiger partial charge in [-0.15, -0.1) is 0 Å². The van der Waals surface area contributed by atoms with Crippen LogP contribution in [-0.4, -0.2) is 29.3 Å². The molecule has 1 rings (SSSR count). The third kappa shape index (κ3) is 6.22. The Morgan fingerprint density at radius 1 is 1.21 bits per heavy atom. The van der Waals surface area contributed by atoms with E-state index in [0.29, 0.717) is 6.32 Å². The second kappa shape index (κ2) is 8.28. The molecule has 0 atom stereocenters. The number of aliphatic carboxylic acids is 1. The molecule has 0 saturated heterocycles. The Kier molecular flexibility index (Phi) is 8.97. The first-order valence-corrected chi connectivity index (χ1v) is 3.89. The highest BCUT2D eigenvalue weighted by atomic mass is 16.4. The molecule has 0 saturated carbocycles. The maximum absolute atomic E-state index is 10.2. The summed E-state index contributed by atoms with van der Waals surface area (Å²) in [6.45, 7) is 0. The van der Waals surface area contributed by atoms with Gasteiger partial charge in [-0.2, -0.15) is 0 Å². The summed E-state index contributed by atoms with van der Waals surface area (Å²) in [6, 6.07) is 9.73. The van der Waals surface area contributed by atoms with Crippen LogP contribution in [0.15, 0.2) is 30.3 Å².